The van der Waals surface area contributed by atoms with Crippen LogP contribution in [0, 0.1) is 0 Å². The fourth-order valence-corrected chi connectivity index (χ4v) is 0. The van der Waals surface area contributed by atoms with Gasteiger partial charge in [-0.1, -0.05) is 0 Å². The predicted molar refractivity (Wildman–Crippen MR) is 16.6 cm³/mol. The van der Waals surface area contributed by atoms with Gasteiger partial charge >= 0.3 is 27.4 Å². The van der Waals surface area contributed by atoms with Crippen molar-refractivity contribution in [1.82, 2.24) is 0 Å². The predicted octanol–water partition coefficient (Wildman–Crippen LogP) is 1.35. The van der Waals surface area contributed by atoms with E-state index in [0.717, 1.165) is 6.92 Å². The second-order valence-corrected chi connectivity index (χ2v) is 1.42. The number of carboxylic acids is 1. The molecule has 1 N–H and O–H groups in total. The van der Waals surface area contributed by atoms with Crippen LogP contribution >= 0.6 is 0 Å². The fraction of sp³-hybridized carbons (Fsp3) is 0.500. The van der Waals surface area contributed by atoms with Crippen LogP contribution in [0.3, 0.4) is 0 Å². The van der Waals surface area contributed by atoms with Gasteiger partial charge in [0.05, 0.1) is 0 Å². The number of hydrogen-bond acceptors (Lipinski definition) is 1. The van der Waals surface area contributed by atoms with E-state index in [-0.39, 0.29) is 0 Å². The standard InChI is InChI=1S/C2H4O2.3FH.Ru/c1-2(3)4;;;;/h1H3,(H,3,4);3*1H;/q;;;;+3/p-3. The van der Waals surface area contributed by atoms with E-state index >= 15 is 0 Å². The van der Waals surface area contributed by atoms with E-state index in [0.29, 0.717) is 0 Å². The van der Waals surface area contributed by atoms with Gasteiger partial charge < -0.3 is 5.11 Å². The molecule has 0 radical (unpaired) electrons. The van der Waals surface area contributed by atoms with E-state index in [1.807, 2.05) is 0 Å². The number of hydrogen-bond donors (Lipinski definition) is 1. The van der Waals surface area contributed by atoms with Gasteiger partial charge in [-0.25, -0.2) is 0 Å². The quantitative estimate of drug-likeness (QED) is 0.623. The first-order valence-corrected chi connectivity index (χ1v) is 3.30. The van der Waals surface area contributed by atoms with E-state index in [9.17, 15) is 9.95 Å². The van der Waals surface area contributed by atoms with E-state index < -0.39 is 23.4 Å². The van der Waals surface area contributed by atoms with Crippen LogP contribution in [-0.4, -0.2) is 11.1 Å². The summed E-state index contributed by atoms with van der Waals surface area (Å²) in [4.78, 5) is 9.00. The molecule has 0 aromatic heterocycles. The van der Waals surface area contributed by atoms with E-state index in [2.05, 4.69) is 0 Å². The minimum atomic E-state index is -4.67. The van der Waals surface area contributed by atoms with E-state index in [1.54, 1.807) is 0 Å². The topological polar surface area (TPSA) is 37.3 Å². The molecule has 0 spiro atoms. The Labute approximate surface area is 50.9 Å². The normalized spacial score (nSPS) is 8.75. The molecule has 0 aliphatic heterocycles. The third-order valence-corrected chi connectivity index (χ3v) is 0. The Morgan fingerprint density at radius 1 is 1.50 bits per heavy atom. The molecule has 0 aliphatic rings. The molecule has 0 aliphatic carbocycles. The average Bonchev–Trinajstić information content (AvgIpc) is 1.25. The van der Waals surface area contributed by atoms with Gasteiger partial charge in [0.15, 0.2) is 0 Å². The molecule has 0 fully saturated rings. The fourth-order valence-electron chi connectivity index (χ4n) is 0. The molecule has 0 aromatic rings. The first-order valence-electron chi connectivity index (χ1n) is 1.33. The molecule has 0 saturated heterocycles. The van der Waals surface area contributed by atoms with Crippen molar-refractivity contribution in [2.45, 2.75) is 6.92 Å². The summed E-state index contributed by atoms with van der Waals surface area (Å²) in [5.74, 6) is -0.833. The molecule has 6 heteroatoms. The van der Waals surface area contributed by atoms with Crippen LogP contribution in [0.1, 0.15) is 6.92 Å². The zero-order chi connectivity index (χ0) is 7.15. The Morgan fingerprint density at radius 2 is 1.50 bits per heavy atom. The molecule has 53 valence electrons. The monoisotopic (exact) mass is 219 g/mol. The maximum atomic E-state index is 9.81. The minimum absolute atomic E-state index is 0.833. The van der Waals surface area contributed by atoms with Gasteiger partial charge in [0.2, 0.25) is 0 Å². The molecular formula is C2H4F3O2Ru. The van der Waals surface area contributed by atoms with Crippen LogP contribution in [-0.2, 0) is 22.2 Å². The number of rotatable bonds is 0. The summed E-state index contributed by atoms with van der Waals surface area (Å²) >= 11 is -4.67. The van der Waals surface area contributed by atoms with Crippen molar-refractivity contribution in [2.24, 2.45) is 0 Å². The molecule has 0 amide bonds. The van der Waals surface area contributed by atoms with Crippen molar-refractivity contribution < 1.29 is 37.3 Å². The molecule has 0 rings (SSSR count). The van der Waals surface area contributed by atoms with Crippen LogP contribution < -0.4 is 0 Å². The van der Waals surface area contributed by atoms with Crippen LogP contribution in [0.15, 0.2) is 0 Å². The van der Waals surface area contributed by atoms with Crippen molar-refractivity contribution in [1.29, 1.82) is 0 Å². The van der Waals surface area contributed by atoms with Crippen molar-refractivity contribution >= 4 is 5.97 Å². The third kappa shape index (κ3) is 10300. The third-order valence-electron chi connectivity index (χ3n) is 0. The van der Waals surface area contributed by atoms with Crippen LogP contribution in [0.2, 0.25) is 0 Å². The van der Waals surface area contributed by atoms with E-state index in [1.165, 1.54) is 0 Å². The summed E-state index contributed by atoms with van der Waals surface area (Å²) in [6.07, 6.45) is 0. The average molecular weight is 218 g/mol. The molecule has 0 atom stereocenters. The Kier molecular flexibility index (Phi) is 9.28. The van der Waals surface area contributed by atoms with Crippen LogP contribution in [0.5, 0.6) is 0 Å². The Bertz CT molecular complexity index is 59.5. The first-order chi connectivity index (χ1) is 3.46. The molecule has 0 saturated carbocycles. The maximum absolute atomic E-state index is 9.81. The number of carboxylic acid groups (broad SMARTS) is 1. The Morgan fingerprint density at radius 3 is 1.50 bits per heavy atom. The molecule has 0 heterocycles. The molecular weight excluding hydrogens is 214 g/mol. The number of carbonyl (C=O) groups is 1. The van der Waals surface area contributed by atoms with E-state index in [4.69, 9.17) is 9.90 Å². The SMILES string of the molecule is CC(=O)O.[F][Ru]([F])[F]. The van der Waals surface area contributed by atoms with Crippen LogP contribution in [0.25, 0.3) is 0 Å². The van der Waals surface area contributed by atoms with Crippen molar-refractivity contribution in [3.63, 3.8) is 0 Å². The number of aliphatic carboxylic acids is 1. The number of halogens is 3. The van der Waals surface area contributed by atoms with Gasteiger partial charge in [-0.15, -0.1) is 0 Å². The second kappa shape index (κ2) is 6.88. The zero-order valence-corrected chi connectivity index (χ0v) is 5.58. The zero-order valence-electron chi connectivity index (χ0n) is 3.84. The molecule has 2 nitrogen and oxygen atoms in total. The second-order valence-electron chi connectivity index (χ2n) is 0.671. The van der Waals surface area contributed by atoms with Gasteiger partial charge in [0.25, 0.3) is 5.97 Å². The Hall–Kier alpha value is -0.117. The van der Waals surface area contributed by atoms with Gasteiger partial charge in [-0.05, 0) is 0 Å². The summed E-state index contributed by atoms with van der Waals surface area (Å²) < 4.78 is 29.4. The van der Waals surface area contributed by atoms with Crippen molar-refractivity contribution in [2.75, 3.05) is 0 Å². The molecule has 0 bridgehead atoms. The Balaban J connectivity index is 0. The van der Waals surface area contributed by atoms with Gasteiger partial charge in [0.1, 0.15) is 0 Å². The van der Waals surface area contributed by atoms with Gasteiger partial charge in [-0.3, -0.25) is 4.79 Å². The summed E-state index contributed by atoms with van der Waals surface area (Å²) in [6.45, 7) is 1.08. The van der Waals surface area contributed by atoms with Crippen molar-refractivity contribution in [3.05, 3.63) is 0 Å². The summed E-state index contributed by atoms with van der Waals surface area (Å²) in [5.41, 5.74) is 0. The molecule has 8 heavy (non-hydrogen) atoms. The van der Waals surface area contributed by atoms with Crippen molar-refractivity contribution in [3.8, 4) is 0 Å². The summed E-state index contributed by atoms with van der Waals surface area (Å²) in [6, 6.07) is 0. The molecule has 0 aromatic carbocycles. The van der Waals surface area contributed by atoms with Crippen LogP contribution in [0.4, 0.5) is 9.95 Å². The van der Waals surface area contributed by atoms with Gasteiger partial charge in [-0.2, -0.15) is 0 Å². The summed E-state index contributed by atoms with van der Waals surface area (Å²) in [7, 11) is 0. The summed E-state index contributed by atoms with van der Waals surface area (Å²) in [5, 5.41) is 7.42. The van der Waals surface area contributed by atoms with Gasteiger partial charge in [0, 0.05) is 6.92 Å². The molecule has 0 unspecified atom stereocenters. The first kappa shape index (κ1) is 10.8.